The van der Waals surface area contributed by atoms with Gasteiger partial charge in [-0.25, -0.2) is 0 Å². The molecular weight excluding hydrogens is 382 g/mol. The van der Waals surface area contributed by atoms with Crippen LogP contribution >= 0.6 is 0 Å². The third-order valence-electron chi connectivity index (χ3n) is 5.23. The van der Waals surface area contributed by atoms with E-state index in [1.54, 1.807) is 42.6 Å². The Morgan fingerprint density at radius 2 is 2.00 bits per heavy atom. The lowest BCUT2D eigenvalue weighted by atomic mass is 9.96. The minimum Gasteiger partial charge on any atom is -0.495 e. The van der Waals surface area contributed by atoms with Crippen LogP contribution in [0.1, 0.15) is 23.3 Å². The Labute approximate surface area is 174 Å². The molecule has 0 unspecified atom stereocenters. The topological polar surface area (TPSA) is 100 Å². The number of likely N-dealkylation sites (tertiary alicyclic amines) is 1. The number of hydrogen-bond donors (Lipinski definition) is 2. The number of para-hydroxylation sites is 2. The lowest BCUT2D eigenvalue weighted by Gasteiger charge is -2.31. The molecule has 1 aromatic carbocycles. The molecule has 0 radical (unpaired) electrons. The highest BCUT2D eigenvalue weighted by molar-refractivity contribution is 5.96. The maximum absolute atomic E-state index is 13.0. The first-order valence-electron chi connectivity index (χ1n) is 9.84. The van der Waals surface area contributed by atoms with Crippen molar-refractivity contribution in [1.29, 1.82) is 0 Å². The van der Waals surface area contributed by atoms with Crippen molar-refractivity contribution in [2.75, 3.05) is 25.5 Å². The normalized spacial score (nSPS) is 16.2. The Morgan fingerprint density at radius 1 is 1.20 bits per heavy atom. The maximum atomic E-state index is 13.0. The van der Waals surface area contributed by atoms with Crippen LogP contribution in [-0.2, 0) is 4.79 Å². The summed E-state index contributed by atoms with van der Waals surface area (Å²) >= 11 is 0. The van der Waals surface area contributed by atoms with Crippen molar-refractivity contribution in [3.8, 4) is 17.0 Å². The minimum absolute atomic E-state index is 0.112. The highest BCUT2D eigenvalue weighted by Crippen LogP contribution is 2.26. The molecule has 1 fully saturated rings. The van der Waals surface area contributed by atoms with Gasteiger partial charge in [-0.1, -0.05) is 12.1 Å². The van der Waals surface area contributed by atoms with Gasteiger partial charge in [0.25, 0.3) is 5.91 Å². The quantitative estimate of drug-likeness (QED) is 0.680. The zero-order valence-corrected chi connectivity index (χ0v) is 16.7. The molecule has 3 heterocycles. The van der Waals surface area contributed by atoms with E-state index in [2.05, 4.69) is 20.5 Å². The zero-order valence-electron chi connectivity index (χ0n) is 16.7. The fourth-order valence-corrected chi connectivity index (χ4v) is 3.63. The molecular formula is C22H23N5O3. The van der Waals surface area contributed by atoms with Crippen LogP contribution in [0, 0.1) is 5.92 Å². The van der Waals surface area contributed by atoms with Gasteiger partial charge in [0, 0.05) is 31.0 Å². The van der Waals surface area contributed by atoms with E-state index >= 15 is 0 Å². The number of carbonyl (C=O) groups is 2. The molecule has 0 spiro atoms. The fraction of sp³-hybridized carbons (Fsp3) is 0.273. The van der Waals surface area contributed by atoms with Crippen LogP contribution in [0.4, 0.5) is 5.69 Å². The number of methoxy groups -OCH3 is 1. The zero-order chi connectivity index (χ0) is 20.9. The lowest BCUT2D eigenvalue weighted by Crippen LogP contribution is -2.43. The number of H-pyrrole nitrogens is 1. The number of benzene rings is 1. The molecule has 2 aromatic heterocycles. The van der Waals surface area contributed by atoms with Crippen molar-refractivity contribution < 1.29 is 14.3 Å². The van der Waals surface area contributed by atoms with E-state index in [4.69, 9.17) is 4.74 Å². The molecule has 8 nitrogen and oxygen atoms in total. The molecule has 1 atom stereocenters. The summed E-state index contributed by atoms with van der Waals surface area (Å²) in [5.74, 6) is 0.0579. The molecule has 1 aliphatic rings. The summed E-state index contributed by atoms with van der Waals surface area (Å²) in [4.78, 5) is 31.5. The van der Waals surface area contributed by atoms with Gasteiger partial charge in [0.1, 0.15) is 11.4 Å². The molecule has 1 saturated heterocycles. The lowest BCUT2D eigenvalue weighted by molar-refractivity contribution is -0.121. The first-order valence-corrected chi connectivity index (χ1v) is 9.84. The van der Waals surface area contributed by atoms with E-state index in [0.29, 0.717) is 35.9 Å². The van der Waals surface area contributed by atoms with Crippen molar-refractivity contribution in [3.05, 3.63) is 60.6 Å². The predicted octanol–water partition coefficient (Wildman–Crippen LogP) is 2.97. The Morgan fingerprint density at radius 3 is 2.80 bits per heavy atom. The molecule has 8 heteroatoms. The molecule has 0 saturated carbocycles. The van der Waals surface area contributed by atoms with E-state index in [1.807, 2.05) is 24.3 Å². The summed E-state index contributed by atoms with van der Waals surface area (Å²) in [6, 6.07) is 12.7. The number of pyridine rings is 1. The van der Waals surface area contributed by atoms with Crippen LogP contribution in [0.3, 0.4) is 0 Å². The Bertz CT molecular complexity index is 1030. The number of nitrogens with one attached hydrogen (secondary N) is 2. The largest absolute Gasteiger partial charge is 0.495 e. The Kier molecular flexibility index (Phi) is 5.74. The molecule has 2 amide bonds. The second kappa shape index (κ2) is 8.77. The van der Waals surface area contributed by atoms with Gasteiger partial charge in [-0.15, -0.1) is 0 Å². The summed E-state index contributed by atoms with van der Waals surface area (Å²) in [7, 11) is 1.57. The number of aromatic nitrogens is 3. The summed E-state index contributed by atoms with van der Waals surface area (Å²) in [5, 5.41) is 9.99. The highest BCUT2D eigenvalue weighted by atomic mass is 16.5. The Balaban J connectivity index is 1.43. The van der Waals surface area contributed by atoms with Gasteiger partial charge < -0.3 is 15.0 Å². The van der Waals surface area contributed by atoms with Crippen LogP contribution in [0.25, 0.3) is 11.3 Å². The number of rotatable bonds is 5. The predicted molar refractivity (Wildman–Crippen MR) is 112 cm³/mol. The monoisotopic (exact) mass is 405 g/mol. The van der Waals surface area contributed by atoms with Crippen LogP contribution < -0.4 is 10.1 Å². The molecule has 154 valence electrons. The van der Waals surface area contributed by atoms with Gasteiger partial charge in [-0.3, -0.25) is 19.7 Å². The van der Waals surface area contributed by atoms with Crippen molar-refractivity contribution in [2.24, 2.45) is 5.92 Å². The van der Waals surface area contributed by atoms with E-state index < -0.39 is 0 Å². The number of nitrogens with zero attached hydrogens (tertiary/aromatic N) is 3. The molecule has 2 N–H and O–H groups in total. The number of amides is 2. The Hall–Kier alpha value is -3.68. The summed E-state index contributed by atoms with van der Waals surface area (Å²) in [6.07, 6.45) is 4.86. The van der Waals surface area contributed by atoms with Crippen molar-refractivity contribution >= 4 is 17.5 Å². The average molecular weight is 405 g/mol. The van der Waals surface area contributed by atoms with Crippen molar-refractivity contribution in [2.45, 2.75) is 12.8 Å². The standard InChI is InChI=1S/C22H23N5O3/c1-30-20-7-3-2-6-17(20)24-21(28)16-5-4-12-27(14-16)22(29)19-13-18(25-26-19)15-8-10-23-11-9-15/h2-3,6-11,13,16H,4-5,12,14H2,1H3,(H,24,28)(H,25,26)/t16-/m1/s1. The van der Waals surface area contributed by atoms with Crippen LogP contribution in [0.5, 0.6) is 5.75 Å². The molecule has 4 rings (SSSR count). The number of aromatic amines is 1. The van der Waals surface area contributed by atoms with Crippen LogP contribution in [-0.4, -0.2) is 52.1 Å². The third kappa shape index (κ3) is 4.17. The fourth-order valence-electron chi connectivity index (χ4n) is 3.63. The van der Waals surface area contributed by atoms with Crippen LogP contribution in [0.15, 0.2) is 54.9 Å². The van der Waals surface area contributed by atoms with Gasteiger partial charge in [0.2, 0.25) is 5.91 Å². The van der Waals surface area contributed by atoms with E-state index in [9.17, 15) is 9.59 Å². The number of piperidine rings is 1. The first-order chi connectivity index (χ1) is 14.7. The van der Waals surface area contributed by atoms with Crippen molar-refractivity contribution in [1.82, 2.24) is 20.1 Å². The summed E-state index contributed by atoms with van der Waals surface area (Å²) in [5.41, 5.74) is 2.60. The molecule has 1 aliphatic heterocycles. The highest BCUT2D eigenvalue weighted by Gasteiger charge is 2.30. The number of hydrogen-bond acceptors (Lipinski definition) is 5. The first kappa shape index (κ1) is 19.6. The SMILES string of the molecule is COc1ccccc1NC(=O)[C@@H]1CCCN(C(=O)c2cc(-c3ccncc3)n[nH]2)C1. The minimum atomic E-state index is -0.282. The molecule has 30 heavy (non-hydrogen) atoms. The van der Waals surface area contributed by atoms with E-state index in [1.165, 1.54) is 0 Å². The van der Waals surface area contributed by atoms with Gasteiger partial charge in [0.15, 0.2) is 0 Å². The van der Waals surface area contributed by atoms with Gasteiger partial charge in [0.05, 0.1) is 24.4 Å². The van der Waals surface area contributed by atoms with E-state index in [-0.39, 0.29) is 17.7 Å². The molecule has 0 aliphatic carbocycles. The molecule has 3 aromatic rings. The van der Waals surface area contributed by atoms with Gasteiger partial charge in [-0.2, -0.15) is 5.10 Å². The number of ether oxygens (including phenoxy) is 1. The van der Waals surface area contributed by atoms with Crippen molar-refractivity contribution in [3.63, 3.8) is 0 Å². The average Bonchev–Trinajstić information content (AvgIpc) is 3.30. The number of anilines is 1. The third-order valence-corrected chi connectivity index (χ3v) is 5.23. The summed E-state index contributed by atoms with van der Waals surface area (Å²) < 4.78 is 5.30. The molecule has 0 bridgehead atoms. The van der Waals surface area contributed by atoms with Crippen LogP contribution in [0.2, 0.25) is 0 Å². The van der Waals surface area contributed by atoms with Gasteiger partial charge >= 0.3 is 0 Å². The smallest absolute Gasteiger partial charge is 0.271 e. The second-order valence-electron chi connectivity index (χ2n) is 7.18. The second-order valence-corrected chi connectivity index (χ2v) is 7.18. The van der Waals surface area contributed by atoms with Gasteiger partial charge in [-0.05, 0) is 43.2 Å². The summed E-state index contributed by atoms with van der Waals surface area (Å²) in [6.45, 7) is 0.976. The number of carbonyl (C=O) groups excluding carboxylic acids is 2. The van der Waals surface area contributed by atoms with E-state index in [0.717, 1.165) is 18.4 Å². The maximum Gasteiger partial charge on any atom is 0.271 e.